The fraction of sp³-hybridized carbons (Fsp3) is 0.500. The predicted molar refractivity (Wildman–Crippen MR) is 55.0 cm³/mol. The van der Waals surface area contributed by atoms with Crippen molar-refractivity contribution in [3.63, 3.8) is 0 Å². The number of carbonyl (C=O) groups excluding carboxylic acids is 1. The first kappa shape index (κ1) is 12.2. The molecule has 0 fully saturated rings. The second-order valence-electron chi connectivity index (χ2n) is 3.75. The van der Waals surface area contributed by atoms with E-state index in [4.69, 9.17) is 9.63 Å². The van der Waals surface area contributed by atoms with Crippen molar-refractivity contribution in [3.8, 4) is 0 Å². The average molecular weight is 226 g/mol. The standard InChI is InChI=1S/C10H14N2O4/c1-6(3-9(13)14)5-11-10(15)8-4-7(2)12-16-8/h4,6H,3,5H2,1-2H3,(H,11,15)(H,13,14). The molecular weight excluding hydrogens is 212 g/mol. The number of hydrogen-bond donors (Lipinski definition) is 2. The molecule has 6 nitrogen and oxygen atoms in total. The molecule has 2 N–H and O–H groups in total. The fourth-order valence-corrected chi connectivity index (χ4v) is 1.19. The molecule has 1 aromatic heterocycles. The van der Waals surface area contributed by atoms with Crippen LogP contribution in [-0.2, 0) is 4.79 Å². The summed E-state index contributed by atoms with van der Waals surface area (Å²) in [6.07, 6.45) is 0.0235. The third kappa shape index (κ3) is 3.72. The van der Waals surface area contributed by atoms with Crippen LogP contribution >= 0.6 is 0 Å². The Morgan fingerprint density at radius 1 is 1.62 bits per heavy atom. The number of rotatable bonds is 5. The maximum atomic E-state index is 11.5. The van der Waals surface area contributed by atoms with E-state index < -0.39 is 5.97 Å². The van der Waals surface area contributed by atoms with Crippen LogP contribution < -0.4 is 5.32 Å². The molecule has 88 valence electrons. The minimum absolute atomic E-state index is 0.0235. The number of hydrogen-bond acceptors (Lipinski definition) is 4. The van der Waals surface area contributed by atoms with Gasteiger partial charge in [0.25, 0.3) is 5.91 Å². The normalized spacial score (nSPS) is 12.1. The zero-order valence-electron chi connectivity index (χ0n) is 9.19. The van der Waals surface area contributed by atoms with E-state index in [9.17, 15) is 9.59 Å². The number of aromatic nitrogens is 1. The highest BCUT2D eigenvalue weighted by Crippen LogP contribution is 2.03. The van der Waals surface area contributed by atoms with Crippen LogP contribution in [0.2, 0.25) is 0 Å². The molecule has 0 radical (unpaired) electrons. The molecule has 0 aliphatic carbocycles. The largest absolute Gasteiger partial charge is 0.481 e. The molecule has 16 heavy (non-hydrogen) atoms. The molecule has 0 aliphatic heterocycles. The van der Waals surface area contributed by atoms with E-state index in [2.05, 4.69) is 10.5 Å². The number of carboxylic acids is 1. The summed E-state index contributed by atoms with van der Waals surface area (Å²) >= 11 is 0. The molecule has 1 amide bonds. The van der Waals surface area contributed by atoms with Crippen molar-refractivity contribution >= 4 is 11.9 Å². The van der Waals surface area contributed by atoms with Gasteiger partial charge in [0, 0.05) is 19.0 Å². The van der Waals surface area contributed by atoms with Crippen LogP contribution in [0.15, 0.2) is 10.6 Å². The summed E-state index contributed by atoms with van der Waals surface area (Å²) in [5.41, 5.74) is 0.628. The van der Waals surface area contributed by atoms with Crippen molar-refractivity contribution in [3.05, 3.63) is 17.5 Å². The van der Waals surface area contributed by atoms with Crippen molar-refractivity contribution in [1.82, 2.24) is 10.5 Å². The molecule has 0 saturated heterocycles. The highest BCUT2D eigenvalue weighted by molar-refractivity contribution is 5.91. The summed E-state index contributed by atoms with van der Waals surface area (Å²) in [5.74, 6) is -1.24. The lowest BCUT2D eigenvalue weighted by Crippen LogP contribution is -2.28. The molecule has 1 heterocycles. The van der Waals surface area contributed by atoms with Gasteiger partial charge in [0.15, 0.2) is 0 Å². The number of nitrogens with one attached hydrogen (secondary N) is 1. The van der Waals surface area contributed by atoms with Gasteiger partial charge in [0.1, 0.15) is 0 Å². The van der Waals surface area contributed by atoms with E-state index in [-0.39, 0.29) is 24.0 Å². The third-order valence-corrected chi connectivity index (χ3v) is 1.99. The Labute approximate surface area is 92.6 Å². The maximum absolute atomic E-state index is 11.5. The van der Waals surface area contributed by atoms with Gasteiger partial charge in [-0.15, -0.1) is 0 Å². The van der Waals surface area contributed by atoms with Crippen LogP contribution in [0.25, 0.3) is 0 Å². The van der Waals surface area contributed by atoms with E-state index in [0.29, 0.717) is 12.2 Å². The van der Waals surface area contributed by atoms with Gasteiger partial charge in [-0.3, -0.25) is 9.59 Å². The van der Waals surface area contributed by atoms with E-state index in [1.54, 1.807) is 13.8 Å². The van der Waals surface area contributed by atoms with Crippen molar-refractivity contribution in [1.29, 1.82) is 0 Å². The highest BCUT2D eigenvalue weighted by Gasteiger charge is 2.13. The molecule has 1 unspecified atom stereocenters. The quantitative estimate of drug-likeness (QED) is 0.775. The summed E-state index contributed by atoms with van der Waals surface area (Å²) in [5, 5.41) is 14.7. The molecule has 0 aliphatic rings. The zero-order chi connectivity index (χ0) is 12.1. The lowest BCUT2D eigenvalue weighted by Gasteiger charge is -2.08. The molecule has 0 spiro atoms. The Balaban J connectivity index is 2.38. The van der Waals surface area contributed by atoms with Gasteiger partial charge in [-0.05, 0) is 12.8 Å². The molecular formula is C10H14N2O4. The van der Waals surface area contributed by atoms with Crippen LogP contribution in [0.4, 0.5) is 0 Å². The number of nitrogens with zero attached hydrogens (tertiary/aromatic N) is 1. The van der Waals surface area contributed by atoms with Gasteiger partial charge >= 0.3 is 5.97 Å². The van der Waals surface area contributed by atoms with E-state index in [1.807, 2.05) is 0 Å². The molecule has 1 aromatic rings. The number of aliphatic carboxylic acids is 1. The van der Waals surface area contributed by atoms with Crippen LogP contribution in [0.5, 0.6) is 0 Å². The van der Waals surface area contributed by atoms with Crippen molar-refractivity contribution < 1.29 is 19.2 Å². The van der Waals surface area contributed by atoms with Gasteiger partial charge in [0.2, 0.25) is 5.76 Å². The van der Waals surface area contributed by atoms with Gasteiger partial charge in [-0.25, -0.2) is 0 Å². The molecule has 1 rings (SSSR count). The molecule has 0 aromatic carbocycles. The van der Waals surface area contributed by atoms with Gasteiger partial charge in [-0.2, -0.15) is 0 Å². The van der Waals surface area contributed by atoms with Crippen LogP contribution in [0, 0.1) is 12.8 Å². The fourth-order valence-electron chi connectivity index (χ4n) is 1.19. The second-order valence-corrected chi connectivity index (χ2v) is 3.75. The van der Waals surface area contributed by atoms with Crippen LogP contribution in [0.3, 0.4) is 0 Å². The zero-order valence-corrected chi connectivity index (χ0v) is 9.19. The van der Waals surface area contributed by atoms with Crippen molar-refractivity contribution in [2.24, 2.45) is 5.92 Å². The lowest BCUT2D eigenvalue weighted by molar-refractivity contribution is -0.137. The third-order valence-electron chi connectivity index (χ3n) is 1.99. The van der Waals surface area contributed by atoms with Crippen molar-refractivity contribution in [2.45, 2.75) is 20.3 Å². The molecule has 6 heteroatoms. The summed E-state index contributed by atoms with van der Waals surface area (Å²) in [6.45, 7) is 3.76. The van der Waals surface area contributed by atoms with Gasteiger partial charge in [0.05, 0.1) is 5.69 Å². The number of amides is 1. The summed E-state index contributed by atoms with van der Waals surface area (Å²) in [4.78, 5) is 21.8. The molecule has 0 bridgehead atoms. The smallest absolute Gasteiger partial charge is 0.303 e. The Kier molecular flexibility index (Phi) is 4.04. The monoisotopic (exact) mass is 226 g/mol. The first-order valence-electron chi connectivity index (χ1n) is 4.92. The van der Waals surface area contributed by atoms with E-state index >= 15 is 0 Å². The van der Waals surface area contributed by atoms with Crippen molar-refractivity contribution in [2.75, 3.05) is 6.54 Å². The first-order chi connectivity index (χ1) is 7.49. The Hall–Kier alpha value is -1.85. The first-order valence-corrected chi connectivity index (χ1v) is 4.92. The minimum atomic E-state index is -0.878. The van der Waals surface area contributed by atoms with E-state index in [1.165, 1.54) is 6.07 Å². The summed E-state index contributed by atoms with van der Waals surface area (Å²) in [7, 11) is 0. The second kappa shape index (κ2) is 5.29. The summed E-state index contributed by atoms with van der Waals surface area (Å²) < 4.78 is 4.76. The Morgan fingerprint density at radius 3 is 2.81 bits per heavy atom. The topological polar surface area (TPSA) is 92.4 Å². The number of carbonyl (C=O) groups is 2. The molecule has 0 saturated carbocycles. The predicted octanol–water partition coefficient (Wildman–Crippen LogP) is 0.824. The highest BCUT2D eigenvalue weighted by atomic mass is 16.5. The Bertz CT molecular complexity index is 386. The van der Waals surface area contributed by atoms with Crippen LogP contribution in [0.1, 0.15) is 29.6 Å². The molecule has 1 atom stereocenters. The lowest BCUT2D eigenvalue weighted by atomic mass is 10.1. The van der Waals surface area contributed by atoms with Gasteiger partial charge < -0.3 is 14.9 Å². The van der Waals surface area contributed by atoms with Crippen LogP contribution in [-0.4, -0.2) is 28.7 Å². The number of aryl methyl sites for hydroxylation is 1. The number of carboxylic acid groups (broad SMARTS) is 1. The summed E-state index contributed by atoms with van der Waals surface area (Å²) in [6, 6.07) is 1.52. The maximum Gasteiger partial charge on any atom is 0.303 e. The average Bonchev–Trinajstić information content (AvgIpc) is 2.60. The Morgan fingerprint density at radius 2 is 2.31 bits per heavy atom. The minimum Gasteiger partial charge on any atom is -0.481 e. The van der Waals surface area contributed by atoms with Gasteiger partial charge in [-0.1, -0.05) is 12.1 Å². The van der Waals surface area contributed by atoms with E-state index in [0.717, 1.165) is 0 Å². The SMILES string of the molecule is Cc1cc(C(=O)NCC(C)CC(=O)O)on1.